The van der Waals surface area contributed by atoms with Crippen molar-refractivity contribution in [2.75, 3.05) is 0 Å². The van der Waals surface area contributed by atoms with E-state index >= 15 is 0 Å². The third kappa shape index (κ3) is 3.40. The van der Waals surface area contributed by atoms with E-state index in [0.29, 0.717) is 0 Å². The molecule has 1 aromatic heterocycles. The van der Waals surface area contributed by atoms with Crippen LogP contribution in [0.2, 0.25) is 0 Å². The van der Waals surface area contributed by atoms with Crippen LogP contribution in [0.4, 0.5) is 0 Å². The first-order valence-electron chi connectivity index (χ1n) is 8.29. The van der Waals surface area contributed by atoms with Gasteiger partial charge in [0, 0.05) is 11.6 Å². The zero-order valence-corrected chi connectivity index (χ0v) is 17.4. The van der Waals surface area contributed by atoms with Crippen LogP contribution in [-0.2, 0) is 17.4 Å². The molecule has 1 radical (unpaired) electrons. The summed E-state index contributed by atoms with van der Waals surface area (Å²) in [6.07, 6.45) is 5.47. The summed E-state index contributed by atoms with van der Waals surface area (Å²) in [6.45, 7) is 2.18. The number of allylic oxidation sites excluding steroid dienone is 1. The van der Waals surface area contributed by atoms with Gasteiger partial charge in [0.15, 0.2) is 0 Å². The molecular formula is C23H16Cl2CrN. The molecule has 1 heterocycles. The number of fused-ring (bicyclic) bond motifs is 4. The fraction of sp³-hybridized carbons (Fsp3) is 0.0870. The van der Waals surface area contributed by atoms with Crippen LogP contribution in [0.3, 0.4) is 0 Å². The van der Waals surface area contributed by atoms with E-state index in [1.54, 1.807) is 0 Å². The maximum Gasteiger partial charge on any atom is 3.00 e. The number of aromatic nitrogens is 1. The number of nitrogens with zero attached hydrogens (tertiary/aromatic N) is 1. The Hall–Kier alpha value is -1.82. The summed E-state index contributed by atoms with van der Waals surface area (Å²) in [7, 11) is 0. The van der Waals surface area contributed by atoms with Crippen LogP contribution in [0.5, 0.6) is 0 Å². The maximum absolute atomic E-state index is 4.67. The molecule has 1 unspecified atom stereocenters. The summed E-state index contributed by atoms with van der Waals surface area (Å²) in [5.41, 5.74) is 6.20. The molecule has 0 fully saturated rings. The van der Waals surface area contributed by atoms with Crippen LogP contribution in [0.15, 0.2) is 78.5 Å². The average molecular weight is 429 g/mol. The van der Waals surface area contributed by atoms with Crippen molar-refractivity contribution in [1.29, 1.82) is 0 Å². The molecule has 0 saturated heterocycles. The molecule has 0 spiro atoms. The van der Waals surface area contributed by atoms with Gasteiger partial charge in [-0.1, -0.05) is 60.8 Å². The van der Waals surface area contributed by atoms with Crippen LogP contribution in [0, 0.1) is 6.08 Å². The molecule has 1 atom stereocenters. The molecule has 1 aliphatic carbocycles. The third-order valence-corrected chi connectivity index (χ3v) is 5.00. The molecule has 4 aromatic rings. The van der Waals surface area contributed by atoms with Gasteiger partial charge < -0.3 is 24.8 Å². The topological polar surface area (TPSA) is 12.9 Å². The molecule has 0 aliphatic heterocycles. The van der Waals surface area contributed by atoms with Gasteiger partial charge in [-0.15, -0.1) is 17.2 Å². The molecule has 27 heavy (non-hydrogen) atoms. The summed E-state index contributed by atoms with van der Waals surface area (Å²) >= 11 is 0. The zero-order chi connectivity index (χ0) is 16.1. The van der Waals surface area contributed by atoms with Gasteiger partial charge in [0.1, 0.15) is 0 Å². The monoisotopic (exact) mass is 428 g/mol. The second-order valence-electron chi connectivity index (χ2n) is 6.41. The number of pyridine rings is 1. The normalized spacial score (nSPS) is 14.6. The molecule has 5 rings (SSSR count). The Kier molecular flexibility index (Phi) is 6.74. The number of hydrogen-bond donors (Lipinski definition) is 0. The van der Waals surface area contributed by atoms with Crippen LogP contribution in [-0.4, -0.2) is 4.98 Å². The second kappa shape index (κ2) is 8.47. The SMILES string of the molecule is CC1=[C-]c2ccc3ccccc3c2C1c1cccc2cccnc12.[Cl-].[Cl-].[Cr+3]. The van der Waals surface area contributed by atoms with Crippen molar-refractivity contribution in [3.8, 4) is 0 Å². The van der Waals surface area contributed by atoms with Crippen LogP contribution in [0.25, 0.3) is 21.7 Å². The van der Waals surface area contributed by atoms with Crippen molar-refractivity contribution in [2.24, 2.45) is 0 Å². The third-order valence-electron chi connectivity index (χ3n) is 5.00. The van der Waals surface area contributed by atoms with Gasteiger partial charge in [-0.2, -0.15) is 17.7 Å². The van der Waals surface area contributed by atoms with Gasteiger partial charge in [0.2, 0.25) is 0 Å². The summed E-state index contributed by atoms with van der Waals surface area (Å²) in [4.78, 5) is 4.67. The smallest absolute Gasteiger partial charge is 1.00 e. The summed E-state index contributed by atoms with van der Waals surface area (Å²) < 4.78 is 0. The van der Waals surface area contributed by atoms with Crippen molar-refractivity contribution in [1.82, 2.24) is 4.98 Å². The van der Waals surface area contributed by atoms with Gasteiger partial charge in [-0.25, -0.2) is 0 Å². The fourth-order valence-corrected chi connectivity index (χ4v) is 3.97. The Morgan fingerprint density at radius 3 is 2.41 bits per heavy atom. The largest absolute Gasteiger partial charge is 3.00 e. The molecule has 0 saturated carbocycles. The summed E-state index contributed by atoms with van der Waals surface area (Å²) in [6, 6.07) is 23.6. The van der Waals surface area contributed by atoms with Gasteiger partial charge in [-0.3, -0.25) is 4.98 Å². The van der Waals surface area contributed by atoms with E-state index in [1.807, 2.05) is 12.3 Å². The minimum atomic E-state index is 0. The van der Waals surface area contributed by atoms with E-state index in [1.165, 1.54) is 38.4 Å². The Balaban J connectivity index is 0.000000871. The van der Waals surface area contributed by atoms with Crippen molar-refractivity contribution < 1.29 is 42.2 Å². The van der Waals surface area contributed by atoms with Crippen molar-refractivity contribution in [3.63, 3.8) is 0 Å². The first-order chi connectivity index (χ1) is 11.8. The average Bonchev–Trinajstić information content (AvgIpc) is 2.97. The quantitative estimate of drug-likeness (QED) is 0.377. The zero-order valence-electron chi connectivity index (χ0n) is 14.6. The Bertz CT molecular complexity index is 1130. The Morgan fingerprint density at radius 1 is 0.815 bits per heavy atom. The molecule has 0 bridgehead atoms. The minimum absolute atomic E-state index is 0. The van der Waals surface area contributed by atoms with Gasteiger partial charge >= 0.3 is 17.4 Å². The van der Waals surface area contributed by atoms with Crippen LogP contribution in [0.1, 0.15) is 29.5 Å². The molecular weight excluding hydrogens is 413 g/mol. The van der Waals surface area contributed by atoms with E-state index in [4.69, 9.17) is 0 Å². The number of rotatable bonds is 1. The molecule has 1 aliphatic rings. The van der Waals surface area contributed by atoms with Crippen LogP contribution < -0.4 is 24.8 Å². The van der Waals surface area contributed by atoms with E-state index in [9.17, 15) is 0 Å². The molecule has 4 heteroatoms. The van der Waals surface area contributed by atoms with E-state index in [-0.39, 0.29) is 48.1 Å². The number of benzene rings is 3. The fourth-order valence-electron chi connectivity index (χ4n) is 3.97. The first-order valence-corrected chi connectivity index (χ1v) is 8.29. The van der Waals surface area contributed by atoms with E-state index < -0.39 is 0 Å². The molecule has 3 aromatic carbocycles. The standard InChI is InChI=1S/C23H16N.2ClH.Cr/c1-15-14-18-12-11-16-6-2-3-9-19(16)22(18)21(15)20-10-4-7-17-8-5-13-24-23(17)20;;;/h2-13,21H,1H3;2*1H;/q-1;;;+3/p-2. The van der Waals surface area contributed by atoms with Crippen LogP contribution >= 0.6 is 0 Å². The van der Waals surface area contributed by atoms with Gasteiger partial charge in [-0.05, 0) is 22.9 Å². The van der Waals surface area contributed by atoms with E-state index in [2.05, 4.69) is 78.6 Å². The maximum atomic E-state index is 4.67. The van der Waals surface area contributed by atoms with Gasteiger partial charge in [0.05, 0.1) is 5.52 Å². The minimum Gasteiger partial charge on any atom is -1.00 e. The Morgan fingerprint density at radius 2 is 1.56 bits per heavy atom. The first kappa shape index (κ1) is 21.5. The predicted octanol–water partition coefficient (Wildman–Crippen LogP) is -0.363. The van der Waals surface area contributed by atoms with Crippen molar-refractivity contribution in [3.05, 3.63) is 101 Å². The van der Waals surface area contributed by atoms with Crippen molar-refractivity contribution >= 4 is 21.7 Å². The van der Waals surface area contributed by atoms with E-state index in [0.717, 1.165) is 5.52 Å². The Labute approximate surface area is 182 Å². The van der Waals surface area contributed by atoms with Gasteiger partial charge in [0.25, 0.3) is 0 Å². The number of para-hydroxylation sites is 1. The molecule has 0 N–H and O–H groups in total. The number of halogens is 2. The molecule has 1 nitrogen and oxygen atoms in total. The summed E-state index contributed by atoms with van der Waals surface area (Å²) in [5.74, 6) is 0.227. The summed E-state index contributed by atoms with van der Waals surface area (Å²) in [5, 5.41) is 3.79. The second-order valence-corrected chi connectivity index (χ2v) is 6.41. The molecule has 133 valence electrons. The predicted molar refractivity (Wildman–Crippen MR) is 99.1 cm³/mol. The number of hydrogen-bond acceptors (Lipinski definition) is 1. The van der Waals surface area contributed by atoms with Crippen molar-refractivity contribution in [2.45, 2.75) is 12.8 Å². The molecule has 0 amide bonds.